The minimum atomic E-state index is -0.249. The van der Waals surface area contributed by atoms with Crippen LogP contribution in [0.2, 0.25) is 0 Å². The molecule has 31 heavy (non-hydrogen) atoms. The summed E-state index contributed by atoms with van der Waals surface area (Å²) in [5.74, 6) is 1.64. The fourth-order valence-electron chi connectivity index (χ4n) is 3.29. The van der Waals surface area contributed by atoms with Crippen molar-refractivity contribution in [3.8, 4) is 23.0 Å². The summed E-state index contributed by atoms with van der Waals surface area (Å²) in [4.78, 5) is 16.9. The van der Waals surface area contributed by atoms with Crippen molar-refractivity contribution in [1.82, 2.24) is 4.98 Å². The number of halogens is 1. The number of hydrogen-bond acceptors (Lipinski definition) is 5. The number of fused-ring (bicyclic) bond motifs is 1. The van der Waals surface area contributed by atoms with E-state index in [1.807, 2.05) is 44.2 Å². The highest BCUT2D eigenvalue weighted by atomic mass is 79.9. The van der Waals surface area contributed by atoms with Gasteiger partial charge in [-0.05, 0) is 89.4 Å². The van der Waals surface area contributed by atoms with E-state index >= 15 is 0 Å². The van der Waals surface area contributed by atoms with E-state index in [4.69, 9.17) is 13.9 Å². The van der Waals surface area contributed by atoms with Crippen molar-refractivity contribution in [2.24, 2.45) is 0 Å². The molecule has 0 aliphatic carbocycles. The summed E-state index contributed by atoms with van der Waals surface area (Å²) in [7, 11) is 1.61. The molecular formula is C24H21BrN2O4. The molecule has 0 radical (unpaired) electrons. The van der Waals surface area contributed by atoms with E-state index in [1.54, 1.807) is 25.3 Å². The van der Waals surface area contributed by atoms with Gasteiger partial charge in [0.1, 0.15) is 17.0 Å². The average Bonchev–Trinajstić information content (AvgIpc) is 3.15. The van der Waals surface area contributed by atoms with Crippen LogP contribution in [0.3, 0.4) is 0 Å². The first-order chi connectivity index (χ1) is 14.9. The Morgan fingerprint density at radius 2 is 1.84 bits per heavy atom. The summed E-state index contributed by atoms with van der Waals surface area (Å²) < 4.78 is 17.6. The smallest absolute Gasteiger partial charge is 0.262 e. The van der Waals surface area contributed by atoms with E-state index in [0.717, 1.165) is 26.9 Å². The maximum Gasteiger partial charge on any atom is 0.262 e. The van der Waals surface area contributed by atoms with Gasteiger partial charge < -0.3 is 19.2 Å². The lowest BCUT2D eigenvalue weighted by Gasteiger charge is -2.09. The molecule has 0 spiro atoms. The monoisotopic (exact) mass is 480 g/mol. The van der Waals surface area contributed by atoms with Gasteiger partial charge in [0.25, 0.3) is 5.91 Å². The van der Waals surface area contributed by atoms with Crippen LogP contribution in [0, 0.1) is 13.8 Å². The average molecular weight is 481 g/mol. The van der Waals surface area contributed by atoms with Gasteiger partial charge in [-0.1, -0.05) is 6.07 Å². The topological polar surface area (TPSA) is 73.6 Å². The number of rotatable bonds is 6. The third-order valence-electron chi connectivity index (χ3n) is 4.64. The van der Waals surface area contributed by atoms with E-state index in [0.29, 0.717) is 28.4 Å². The first kappa shape index (κ1) is 20.9. The molecule has 0 aliphatic rings. The van der Waals surface area contributed by atoms with E-state index in [9.17, 15) is 4.79 Å². The molecule has 3 aromatic carbocycles. The van der Waals surface area contributed by atoms with E-state index in [1.165, 1.54) is 0 Å². The molecular weight excluding hydrogens is 460 g/mol. The number of carbonyl (C=O) groups excluding carboxylic acids is 1. The van der Waals surface area contributed by atoms with Crippen molar-refractivity contribution < 1.29 is 18.7 Å². The van der Waals surface area contributed by atoms with Gasteiger partial charge in [0.2, 0.25) is 5.89 Å². The molecule has 0 unspecified atom stereocenters. The lowest BCUT2D eigenvalue weighted by molar-refractivity contribution is -0.118. The van der Waals surface area contributed by atoms with Crippen LogP contribution in [0.15, 0.2) is 63.5 Å². The molecule has 0 atom stereocenters. The first-order valence-corrected chi connectivity index (χ1v) is 10.5. The molecule has 0 saturated heterocycles. The molecule has 1 aromatic heterocycles. The second-order valence-electron chi connectivity index (χ2n) is 7.21. The molecule has 7 heteroatoms. The third-order valence-corrected chi connectivity index (χ3v) is 5.25. The van der Waals surface area contributed by atoms with Crippen LogP contribution in [0.4, 0.5) is 5.69 Å². The normalized spacial score (nSPS) is 10.8. The van der Waals surface area contributed by atoms with Crippen LogP contribution in [0.25, 0.3) is 22.6 Å². The van der Waals surface area contributed by atoms with Gasteiger partial charge in [0.15, 0.2) is 12.2 Å². The van der Waals surface area contributed by atoms with Crippen molar-refractivity contribution in [3.63, 3.8) is 0 Å². The van der Waals surface area contributed by atoms with Gasteiger partial charge in [0.05, 0.1) is 11.6 Å². The number of amides is 1. The number of aromatic nitrogens is 1. The zero-order valence-electron chi connectivity index (χ0n) is 17.4. The number of aryl methyl sites for hydroxylation is 2. The highest BCUT2D eigenvalue weighted by Gasteiger charge is 2.12. The van der Waals surface area contributed by atoms with Crippen molar-refractivity contribution in [2.75, 3.05) is 19.0 Å². The summed E-state index contributed by atoms with van der Waals surface area (Å²) in [5.41, 5.74) is 4.90. The number of nitrogens with zero attached hydrogens (tertiary/aromatic N) is 1. The Labute approximate surface area is 188 Å². The molecule has 0 bridgehead atoms. The molecule has 1 N–H and O–H groups in total. The number of oxazole rings is 1. The summed E-state index contributed by atoms with van der Waals surface area (Å²) in [5, 5.41) is 2.84. The highest BCUT2D eigenvalue weighted by Crippen LogP contribution is 2.32. The molecule has 1 amide bonds. The SMILES string of the molecule is COc1ccc(-c2nc3cc(NC(=O)COc4cc(C)cc(C)c4)ccc3o2)cc1Br. The number of benzene rings is 3. The van der Waals surface area contributed by atoms with Gasteiger partial charge >= 0.3 is 0 Å². The van der Waals surface area contributed by atoms with E-state index in [-0.39, 0.29) is 12.5 Å². The van der Waals surface area contributed by atoms with Gasteiger partial charge in [-0.3, -0.25) is 4.79 Å². The number of nitrogens with one attached hydrogen (secondary N) is 1. The van der Waals surface area contributed by atoms with Crippen LogP contribution in [0.1, 0.15) is 11.1 Å². The Kier molecular flexibility index (Phi) is 5.95. The molecule has 4 aromatic rings. The highest BCUT2D eigenvalue weighted by molar-refractivity contribution is 9.10. The molecule has 0 fully saturated rings. The number of anilines is 1. The van der Waals surface area contributed by atoms with Crippen LogP contribution >= 0.6 is 15.9 Å². The van der Waals surface area contributed by atoms with Crippen LogP contribution in [-0.4, -0.2) is 24.6 Å². The standard InChI is InChI=1S/C24H21BrN2O4/c1-14-8-15(2)10-18(9-14)30-13-23(28)26-17-5-7-22-20(12-17)27-24(31-22)16-4-6-21(29-3)19(25)11-16/h4-12H,13H2,1-3H3,(H,26,28). The van der Waals surface area contributed by atoms with Gasteiger partial charge in [-0.25, -0.2) is 4.98 Å². The number of hydrogen-bond donors (Lipinski definition) is 1. The fraction of sp³-hybridized carbons (Fsp3) is 0.167. The Balaban J connectivity index is 1.46. The second kappa shape index (κ2) is 8.81. The molecule has 158 valence electrons. The van der Waals surface area contributed by atoms with E-state index < -0.39 is 0 Å². The summed E-state index contributed by atoms with van der Waals surface area (Å²) in [6.45, 7) is 3.91. The Morgan fingerprint density at radius 3 is 2.55 bits per heavy atom. The molecule has 0 aliphatic heterocycles. The largest absolute Gasteiger partial charge is 0.496 e. The number of ether oxygens (including phenoxy) is 2. The lowest BCUT2D eigenvalue weighted by atomic mass is 10.1. The van der Waals surface area contributed by atoms with Crippen LogP contribution in [-0.2, 0) is 4.79 Å². The van der Waals surface area contributed by atoms with Gasteiger partial charge in [-0.15, -0.1) is 0 Å². The Hall–Kier alpha value is -3.32. The lowest BCUT2D eigenvalue weighted by Crippen LogP contribution is -2.20. The predicted octanol–water partition coefficient (Wildman–Crippen LogP) is 5.90. The zero-order valence-corrected chi connectivity index (χ0v) is 18.9. The maximum atomic E-state index is 12.3. The summed E-state index contributed by atoms with van der Waals surface area (Å²) in [6, 6.07) is 16.8. The molecule has 6 nitrogen and oxygen atoms in total. The predicted molar refractivity (Wildman–Crippen MR) is 124 cm³/mol. The fourth-order valence-corrected chi connectivity index (χ4v) is 3.83. The van der Waals surface area contributed by atoms with Crippen LogP contribution in [0.5, 0.6) is 11.5 Å². The third kappa shape index (κ3) is 4.88. The minimum Gasteiger partial charge on any atom is -0.496 e. The zero-order chi connectivity index (χ0) is 22.0. The van der Waals surface area contributed by atoms with Crippen molar-refractivity contribution in [3.05, 3.63) is 70.2 Å². The number of carbonyl (C=O) groups is 1. The van der Waals surface area contributed by atoms with Crippen molar-refractivity contribution in [2.45, 2.75) is 13.8 Å². The quantitative estimate of drug-likeness (QED) is 0.371. The van der Waals surface area contributed by atoms with Crippen molar-refractivity contribution in [1.29, 1.82) is 0 Å². The molecule has 0 saturated carbocycles. The van der Waals surface area contributed by atoms with E-state index in [2.05, 4.69) is 32.3 Å². The summed E-state index contributed by atoms with van der Waals surface area (Å²) in [6.07, 6.45) is 0. The van der Waals surface area contributed by atoms with Crippen LogP contribution < -0.4 is 14.8 Å². The number of methoxy groups -OCH3 is 1. The minimum absolute atomic E-state index is 0.0785. The molecule has 4 rings (SSSR count). The molecule has 1 heterocycles. The Morgan fingerprint density at radius 1 is 1.06 bits per heavy atom. The Bertz CT molecular complexity index is 1250. The van der Waals surface area contributed by atoms with Gasteiger partial charge in [0, 0.05) is 11.3 Å². The second-order valence-corrected chi connectivity index (χ2v) is 8.07. The van der Waals surface area contributed by atoms with Crippen molar-refractivity contribution >= 4 is 38.6 Å². The first-order valence-electron chi connectivity index (χ1n) is 9.67. The summed E-state index contributed by atoms with van der Waals surface area (Å²) >= 11 is 3.47. The maximum absolute atomic E-state index is 12.3. The van der Waals surface area contributed by atoms with Gasteiger partial charge in [-0.2, -0.15) is 0 Å².